The van der Waals surface area contributed by atoms with Gasteiger partial charge < -0.3 is 5.32 Å². The van der Waals surface area contributed by atoms with Crippen molar-refractivity contribution in [2.45, 2.75) is 20.3 Å². The second kappa shape index (κ2) is 5.06. The molecule has 0 unspecified atom stereocenters. The molecule has 0 atom stereocenters. The molecule has 0 aliphatic carbocycles. The summed E-state index contributed by atoms with van der Waals surface area (Å²) in [4.78, 5) is 0. The molecule has 1 N–H and O–H groups in total. The zero-order valence-corrected chi connectivity index (χ0v) is 9.49. The fraction of sp³-hybridized carbons (Fsp3) is 0.333. The molecule has 0 fully saturated rings. The Labute approximate surface area is 90.8 Å². The van der Waals surface area contributed by atoms with Gasteiger partial charge in [0.2, 0.25) is 0 Å². The number of hydrogen-bond acceptors (Lipinski definition) is 1. The number of rotatable bonds is 4. The predicted molar refractivity (Wildman–Crippen MR) is 64.1 cm³/mol. The van der Waals surface area contributed by atoms with Gasteiger partial charge in [-0.2, -0.15) is 0 Å². The summed E-state index contributed by atoms with van der Waals surface area (Å²) in [5.41, 5.74) is 3.38. The van der Waals surface area contributed by atoms with Gasteiger partial charge in [-0.25, -0.2) is 0 Å². The maximum absolute atomic E-state index is 6.03. The van der Waals surface area contributed by atoms with E-state index in [0.717, 1.165) is 23.7 Å². The number of benzene rings is 1. The topological polar surface area (TPSA) is 12.0 Å². The van der Waals surface area contributed by atoms with Crippen LogP contribution in [0.2, 0.25) is 5.02 Å². The normalized spacial score (nSPS) is 9.93. The second-order valence-electron chi connectivity index (χ2n) is 3.44. The summed E-state index contributed by atoms with van der Waals surface area (Å²) < 4.78 is 0. The van der Waals surface area contributed by atoms with Crippen molar-refractivity contribution < 1.29 is 0 Å². The molecule has 1 aromatic carbocycles. The van der Waals surface area contributed by atoms with E-state index in [0.29, 0.717) is 0 Å². The number of halogens is 1. The lowest BCUT2D eigenvalue weighted by atomic mass is 10.2. The lowest BCUT2D eigenvalue weighted by molar-refractivity contribution is 1.05. The molecule has 1 aromatic rings. The first-order chi connectivity index (χ1) is 6.63. The number of nitrogens with one attached hydrogen (secondary N) is 1. The Morgan fingerprint density at radius 1 is 1.50 bits per heavy atom. The Hall–Kier alpha value is -0.950. The zero-order valence-electron chi connectivity index (χ0n) is 8.73. The summed E-state index contributed by atoms with van der Waals surface area (Å²) in [6.07, 6.45) is 0.996. The van der Waals surface area contributed by atoms with Crippen LogP contribution in [0.4, 0.5) is 5.69 Å². The molecule has 0 aliphatic rings. The van der Waals surface area contributed by atoms with Crippen LogP contribution >= 0.6 is 11.6 Å². The van der Waals surface area contributed by atoms with Gasteiger partial charge in [0.05, 0.1) is 10.7 Å². The molecule has 0 heterocycles. The van der Waals surface area contributed by atoms with E-state index in [4.69, 9.17) is 11.6 Å². The molecular weight excluding hydrogens is 194 g/mol. The lowest BCUT2D eigenvalue weighted by Gasteiger charge is -2.09. The summed E-state index contributed by atoms with van der Waals surface area (Å²) in [5.74, 6) is 0. The van der Waals surface area contributed by atoms with Gasteiger partial charge in [0.1, 0.15) is 0 Å². The van der Waals surface area contributed by atoms with Crippen LogP contribution in [0.3, 0.4) is 0 Å². The van der Waals surface area contributed by atoms with Crippen LogP contribution in [0.1, 0.15) is 18.9 Å². The van der Waals surface area contributed by atoms with Crippen LogP contribution in [0, 0.1) is 6.92 Å². The van der Waals surface area contributed by atoms with E-state index in [-0.39, 0.29) is 0 Å². The summed E-state index contributed by atoms with van der Waals surface area (Å²) >= 11 is 6.03. The average Bonchev–Trinajstić information content (AvgIpc) is 2.19. The Balaban J connectivity index is 2.66. The Morgan fingerprint density at radius 2 is 2.21 bits per heavy atom. The molecule has 0 bridgehead atoms. The van der Waals surface area contributed by atoms with Gasteiger partial charge in [0.15, 0.2) is 0 Å². The minimum atomic E-state index is 0.763. The third-order valence-electron chi connectivity index (χ3n) is 2.15. The molecule has 1 nitrogen and oxygen atoms in total. The molecule has 14 heavy (non-hydrogen) atoms. The van der Waals surface area contributed by atoms with Crippen molar-refractivity contribution in [2.75, 3.05) is 11.9 Å². The van der Waals surface area contributed by atoms with Crippen LogP contribution in [-0.4, -0.2) is 6.54 Å². The van der Waals surface area contributed by atoms with Crippen molar-refractivity contribution in [3.05, 3.63) is 40.9 Å². The zero-order chi connectivity index (χ0) is 10.6. The van der Waals surface area contributed by atoms with Crippen molar-refractivity contribution in [3.63, 3.8) is 0 Å². The highest BCUT2D eigenvalue weighted by atomic mass is 35.5. The third-order valence-corrected chi connectivity index (χ3v) is 2.48. The highest BCUT2D eigenvalue weighted by Crippen LogP contribution is 2.22. The van der Waals surface area contributed by atoms with Crippen LogP contribution in [-0.2, 0) is 0 Å². The van der Waals surface area contributed by atoms with Crippen molar-refractivity contribution >= 4 is 17.3 Å². The smallest absolute Gasteiger partial charge is 0.0637 e. The molecule has 76 valence electrons. The molecular formula is C12H16ClN. The molecule has 0 aromatic heterocycles. The van der Waals surface area contributed by atoms with E-state index in [1.165, 1.54) is 11.1 Å². The maximum atomic E-state index is 6.03. The number of aryl methyl sites for hydroxylation is 1. The van der Waals surface area contributed by atoms with Crippen molar-refractivity contribution in [2.24, 2.45) is 0 Å². The fourth-order valence-corrected chi connectivity index (χ4v) is 1.30. The van der Waals surface area contributed by atoms with E-state index >= 15 is 0 Å². The monoisotopic (exact) mass is 209 g/mol. The average molecular weight is 210 g/mol. The second-order valence-corrected chi connectivity index (χ2v) is 3.85. The first kappa shape index (κ1) is 11.1. The van der Waals surface area contributed by atoms with E-state index in [1.54, 1.807) is 0 Å². The van der Waals surface area contributed by atoms with Gasteiger partial charge in [0.25, 0.3) is 0 Å². The molecule has 0 radical (unpaired) electrons. The fourth-order valence-electron chi connectivity index (χ4n) is 1.12. The third kappa shape index (κ3) is 3.08. The van der Waals surface area contributed by atoms with Crippen molar-refractivity contribution in [1.82, 2.24) is 0 Å². The van der Waals surface area contributed by atoms with Gasteiger partial charge in [-0.1, -0.05) is 36.7 Å². The quantitative estimate of drug-likeness (QED) is 0.739. The van der Waals surface area contributed by atoms with E-state index in [2.05, 4.69) is 25.7 Å². The predicted octanol–water partition coefficient (Wildman–Crippen LogP) is 4.03. The Bertz CT molecular complexity index is 331. The molecule has 0 spiro atoms. The SMILES string of the molecule is C=C(CC)CNc1cc(C)ccc1Cl. The maximum Gasteiger partial charge on any atom is 0.0637 e. The standard InChI is InChI=1S/C12H16ClN/c1-4-9(2)8-14-12-7-10(3)5-6-11(12)13/h5-7,14H,2,4,8H2,1,3H3. The number of hydrogen-bond donors (Lipinski definition) is 1. The largest absolute Gasteiger partial charge is 0.380 e. The van der Waals surface area contributed by atoms with Crippen molar-refractivity contribution in [3.8, 4) is 0 Å². The molecule has 1 rings (SSSR count). The van der Waals surface area contributed by atoms with Gasteiger partial charge in [0, 0.05) is 6.54 Å². The van der Waals surface area contributed by atoms with Crippen LogP contribution in [0.15, 0.2) is 30.4 Å². The summed E-state index contributed by atoms with van der Waals surface area (Å²) in [6, 6.07) is 5.96. The number of anilines is 1. The van der Waals surface area contributed by atoms with Crippen molar-refractivity contribution in [1.29, 1.82) is 0 Å². The summed E-state index contributed by atoms with van der Waals surface area (Å²) in [6.45, 7) is 8.88. The minimum absolute atomic E-state index is 0.763. The van der Waals surface area contributed by atoms with Crippen LogP contribution in [0.5, 0.6) is 0 Å². The first-order valence-corrected chi connectivity index (χ1v) is 5.18. The van der Waals surface area contributed by atoms with Gasteiger partial charge in [-0.15, -0.1) is 0 Å². The van der Waals surface area contributed by atoms with E-state index in [9.17, 15) is 0 Å². The molecule has 0 saturated carbocycles. The highest BCUT2D eigenvalue weighted by Gasteiger charge is 1.99. The molecule has 0 saturated heterocycles. The summed E-state index contributed by atoms with van der Waals surface area (Å²) in [7, 11) is 0. The van der Waals surface area contributed by atoms with Gasteiger partial charge in [-0.3, -0.25) is 0 Å². The minimum Gasteiger partial charge on any atom is -0.380 e. The summed E-state index contributed by atoms with van der Waals surface area (Å²) in [5, 5.41) is 4.04. The highest BCUT2D eigenvalue weighted by molar-refractivity contribution is 6.33. The van der Waals surface area contributed by atoms with E-state index < -0.39 is 0 Å². The molecule has 2 heteroatoms. The molecule has 0 amide bonds. The Morgan fingerprint density at radius 3 is 2.86 bits per heavy atom. The molecule has 0 aliphatic heterocycles. The lowest BCUT2D eigenvalue weighted by Crippen LogP contribution is -2.03. The first-order valence-electron chi connectivity index (χ1n) is 4.80. The van der Waals surface area contributed by atoms with Crippen LogP contribution in [0.25, 0.3) is 0 Å². The van der Waals surface area contributed by atoms with E-state index in [1.807, 2.05) is 18.2 Å². The van der Waals surface area contributed by atoms with Gasteiger partial charge >= 0.3 is 0 Å². The Kier molecular flexibility index (Phi) is 4.02. The van der Waals surface area contributed by atoms with Crippen LogP contribution < -0.4 is 5.32 Å². The van der Waals surface area contributed by atoms with Gasteiger partial charge in [-0.05, 0) is 31.0 Å².